The van der Waals surface area contributed by atoms with E-state index in [-0.39, 0.29) is 5.91 Å². The number of nitrogens with two attached hydrogens (primary N) is 1. The molecule has 0 aromatic carbocycles. The highest BCUT2D eigenvalue weighted by Crippen LogP contribution is 2.02. The van der Waals surface area contributed by atoms with Crippen LogP contribution in [0.2, 0.25) is 0 Å². The van der Waals surface area contributed by atoms with Gasteiger partial charge in [0.2, 0.25) is 0 Å². The van der Waals surface area contributed by atoms with Crippen LogP contribution in [0.25, 0.3) is 0 Å². The highest BCUT2D eigenvalue weighted by Gasteiger charge is 2.05. The van der Waals surface area contributed by atoms with E-state index in [1.54, 1.807) is 24.7 Å². The molecule has 6 nitrogen and oxygen atoms in total. The fourth-order valence-electron chi connectivity index (χ4n) is 1.38. The van der Waals surface area contributed by atoms with Gasteiger partial charge in [0.1, 0.15) is 5.69 Å². The van der Waals surface area contributed by atoms with Crippen LogP contribution in [0.5, 0.6) is 0 Å². The Bertz CT molecular complexity index is 494. The minimum atomic E-state index is -0.225. The maximum Gasteiger partial charge on any atom is 0.270 e. The van der Waals surface area contributed by atoms with Gasteiger partial charge in [-0.1, -0.05) is 0 Å². The number of hydrogen-bond donors (Lipinski definition) is 2. The van der Waals surface area contributed by atoms with Crippen LogP contribution in [0.3, 0.4) is 0 Å². The van der Waals surface area contributed by atoms with Crippen molar-refractivity contribution < 1.29 is 4.79 Å². The van der Waals surface area contributed by atoms with Gasteiger partial charge in [0.05, 0.1) is 6.33 Å². The molecule has 0 fully saturated rings. The normalized spacial score (nSPS) is 10.1. The Balaban J connectivity index is 1.85. The van der Waals surface area contributed by atoms with Crippen LogP contribution in [0.1, 0.15) is 10.5 Å². The molecule has 0 spiro atoms. The second kappa shape index (κ2) is 5.11. The number of carbonyl (C=O) groups is 1. The molecule has 0 aliphatic carbocycles. The molecule has 2 aromatic heterocycles. The Labute approximate surface area is 98.5 Å². The Morgan fingerprint density at radius 2 is 2.35 bits per heavy atom. The Hall–Kier alpha value is -2.37. The average Bonchev–Trinajstić information content (AvgIpc) is 2.82. The van der Waals surface area contributed by atoms with Crippen LogP contribution >= 0.6 is 0 Å². The van der Waals surface area contributed by atoms with Gasteiger partial charge in [-0.25, -0.2) is 4.98 Å². The molecular weight excluding hydrogens is 218 g/mol. The molecule has 0 atom stereocenters. The number of anilines is 1. The number of rotatable bonds is 4. The van der Waals surface area contributed by atoms with Gasteiger partial charge >= 0.3 is 0 Å². The summed E-state index contributed by atoms with van der Waals surface area (Å²) in [5.41, 5.74) is 6.43. The van der Waals surface area contributed by atoms with Gasteiger partial charge in [0.25, 0.3) is 5.91 Å². The van der Waals surface area contributed by atoms with Crippen molar-refractivity contribution in [1.29, 1.82) is 0 Å². The first-order chi connectivity index (χ1) is 8.25. The predicted molar refractivity (Wildman–Crippen MR) is 63.2 cm³/mol. The number of nitrogens with zero attached hydrogens (tertiary/aromatic N) is 3. The maximum absolute atomic E-state index is 11.7. The van der Waals surface area contributed by atoms with E-state index in [0.29, 0.717) is 24.5 Å². The Kier molecular flexibility index (Phi) is 3.34. The van der Waals surface area contributed by atoms with E-state index in [0.717, 1.165) is 0 Å². The van der Waals surface area contributed by atoms with E-state index in [1.807, 2.05) is 10.8 Å². The van der Waals surface area contributed by atoms with Gasteiger partial charge in [-0.2, -0.15) is 0 Å². The number of hydrogen-bond acceptors (Lipinski definition) is 4. The zero-order valence-corrected chi connectivity index (χ0v) is 9.21. The lowest BCUT2D eigenvalue weighted by atomic mass is 10.3. The highest BCUT2D eigenvalue weighted by molar-refractivity contribution is 5.92. The van der Waals surface area contributed by atoms with Gasteiger partial charge in [-0.3, -0.25) is 9.78 Å². The number of amides is 1. The lowest BCUT2D eigenvalue weighted by Crippen LogP contribution is -2.27. The highest BCUT2D eigenvalue weighted by atomic mass is 16.1. The molecule has 0 saturated heterocycles. The smallest absolute Gasteiger partial charge is 0.270 e. The van der Waals surface area contributed by atoms with Crippen LogP contribution in [0, 0.1) is 0 Å². The number of nitrogens with one attached hydrogen (secondary N) is 1. The summed E-state index contributed by atoms with van der Waals surface area (Å²) in [7, 11) is 0. The van der Waals surface area contributed by atoms with Crippen molar-refractivity contribution >= 4 is 11.6 Å². The van der Waals surface area contributed by atoms with Crippen molar-refractivity contribution in [3.05, 3.63) is 42.7 Å². The predicted octanol–water partition coefficient (Wildman–Crippen LogP) is 0.290. The molecule has 0 aliphatic heterocycles. The van der Waals surface area contributed by atoms with Gasteiger partial charge < -0.3 is 15.6 Å². The topological polar surface area (TPSA) is 85.8 Å². The SMILES string of the molecule is Nc1ccnc(C(=O)NCCn2ccnc2)c1. The molecule has 2 aromatic rings. The minimum Gasteiger partial charge on any atom is -0.399 e. The van der Waals surface area contributed by atoms with Crippen molar-refractivity contribution in [2.45, 2.75) is 6.54 Å². The van der Waals surface area contributed by atoms with Crippen LogP contribution in [0.4, 0.5) is 5.69 Å². The summed E-state index contributed by atoms with van der Waals surface area (Å²) in [6.07, 6.45) is 6.75. The molecule has 3 N–H and O–H groups in total. The van der Waals surface area contributed by atoms with Gasteiger partial charge in [0, 0.05) is 37.4 Å². The number of pyridine rings is 1. The zero-order chi connectivity index (χ0) is 12.1. The quantitative estimate of drug-likeness (QED) is 0.792. The summed E-state index contributed by atoms with van der Waals surface area (Å²) in [5, 5.41) is 2.76. The molecule has 0 unspecified atom stereocenters. The van der Waals surface area contributed by atoms with Gasteiger partial charge in [-0.15, -0.1) is 0 Å². The molecule has 88 valence electrons. The lowest BCUT2D eigenvalue weighted by molar-refractivity contribution is 0.0947. The fourth-order valence-corrected chi connectivity index (χ4v) is 1.38. The van der Waals surface area contributed by atoms with E-state index in [1.165, 1.54) is 6.20 Å². The number of carbonyl (C=O) groups excluding carboxylic acids is 1. The van der Waals surface area contributed by atoms with Gasteiger partial charge in [0.15, 0.2) is 0 Å². The molecule has 0 bridgehead atoms. The first-order valence-corrected chi connectivity index (χ1v) is 5.21. The number of aromatic nitrogens is 3. The summed E-state index contributed by atoms with van der Waals surface area (Å²) in [6, 6.07) is 3.19. The summed E-state index contributed by atoms with van der Waals surface area (Å²) in [5.74, 6) is -0.225. The van der Waals surface area contributed by atoms with E-state index in [2.05, 4.69) is 15.3 Å². The molecule has 1 amide bonds. The molecule has 0 saturated carbocycles. The minimum absolute atomic E-state index is 0.225. The van der Waals surface area contributed by atoms with Crippen molar-refractivity contribution in [1.82, 2.24) is 19.9 Å². The summed E-state index contributed by atoms with van der Waals surface area (Å²) >= 11 is 0. The molecule has 0 aliphatic rings. The van der Waals surface area contributed by atoms with E-state index in [4.69, 9.17) is 5.73 Å². The molecular formula is C11H13N5O. The van der Waals surface area contributed by atoms with Crippen molar-refractivity contribution in [3.63, 3.8) is 0 Å². The largest absolute Gasteiger partial charge is 0.399 e. The standard InChI is InChI=1S/C11H13N5O/c12-9-1-2-14-10(7-9)11(17)15-4-6-16-5-3-13-8-16/h1-3,5,7-8H,4,6H2,(H2,12,14)(H,15,17). The van der Waals surface area contributed by atoms with Crippen LogP contribution in [-0.4, -0.2) is 27.0 Å². The third-order valence-corrected chi connectivity index (χ3v) is 2.23. The number of nitrogen functional groups attached to an aromatic ring is 1. The van der Waals surface area contributed by atoms with Crippen LogP contribution in [-0.2, 0) is 6.54 Å². The van der Waals surface area contributed by atoms with Crippen molar-refractivity contribution in [2.75, 3.05) is 12.3 Å². The maximum atomic E-state index is 11.7. The summed E-state index contributed by atoms with van der Waals surface area (Å²) in [6.45, 7) is 1.19. The Morgan fingerprint density at radius 3 is 3.06 bits per heavy atom. The van der Waals surface area contributed by atoms with E-state index >= 15 is 0 Å². The van der Waals surface area contributed by atoms with Gasteiger partial charge in [-0.05, 0) is 12.1 Å². The molecule has 2 heterocycles. The second-order valence-corrected chi connectivity index (χ2v) is 3.53. The first-order valence-electron chi connectivity index (χ1n) is 5.21. The molecule has 0 radical (unpaired) electrons. The summed E-state index contributed by atoms with van der Waals surface area (Å²) < 4.78 is 1.88. The average molecular weight is 231 g/mol. The molecule has 6 heteroatoms. The molecule has 17 heavy (non-hydrogen) atoms. The van der Waals surface area contributed by atoms with E-state index < -0.39 is 0 Å². The fraction of sp³-hybridized carbons (Fsp3) is 0.182. The molecule has 2 rings (SSSR count). The van der Waals surface area contributed by atoms with Crippen LogP contribution in [0.15, 0.2) is 37.1 Å². The zero-order valence-electron chi connectivity index (χ0n) is 9.21. The second-order valence-electron chi connectivity index (χ2n) is 3.53. The monoisotopic (exact) mass is 231 g/mol. The lowest BCUT2D eigenvalue weighted by Gasteiger charge is -2.05. The number of imidazole rings is 1. The van der Waals surface area contributed by atoms with E-state index in [9.17, 15) is 4.79 Å². The van der Waals surface area contributed by atoms with Crippen LogP contribution < -0.4 is 11.1 Å². The van der Waals surface area contributed by atoms with Crippen molar-refractivity contribution in [3.8, 4) is 0 Å². The third kappa shape index (κ3) is 3.04. The first kappa shape index (κ1) is 11.1. The third-order valence-electron chi connectivity index (χ3n) is 2.23. The van der Waals surface area contributed by atoms with Crippen molar-refractivity contribution in [2.24, 2.45) is 0 Å². The Morgan fingerprint density at radius 1 is 1.47 bits per heavy atom. The summed E-state index contributed by atoms with van der Waals surface area (Å²) in [4.78, 5) is 19.5.